The minimum absolute atomic E-state index is 0.290. The molecule has 168 valence electrons. The van der Waals surface area contributed by atoms with Gasteiger partial charge >= 0.3 is 0 Å². The molecule has 1 aliphatic heterocycles. The first-order valence-electron chi connectivity index (χ1n) is 10.4. The smallest absolute Gasteiger partial charge is 0.243 e. The average Bonchev–Trinajstić information content (AvgIpc) is 3.31. The molecule has 0 saturated carbocycles. The molecule has 0 aliphatic carbocycles. The van der Waals surface area contributed by atoms with Crippen LogP contribution in [-0.4, -0.2) is 64.6 Å². The van der Waals surface area contributed by atoms with Crippen LogP contribution in [0.2, 0.25) is 0 Å². The predicted molar refractivity (Wildman–Crippen MR) is 127 cm³/mol. The first-order valence-corrected chi connectivity index (χ1v) is 13.1. The van der Waals surface area contributed by atoms with E-state index in [-0.39, 0.29) is 4.90 Å². The molecular weight excluding hydrogens is 466 g/mol. The molecule has 0 spiro atoms. The Balaban J connectivity index is 1.27. The van der Waals surface area contributed by atoms with Gasteiger partial charge in [-0.2, -0.15) is 4.31 Å². The van der Waals surface area contributed by atoms with Crippen molar-refractivity contribution in [3.05, 3.63) is 53.3 Å². The fraction of sp³-hybridized carbons (Fsp3) is 0.333. The molecule has 5 rings (SSSR count). The summed E-state index contributed by atoms with van der Waals surface area (Å²) in [6, 6.07) is 14.7. The van der Waals surface area contributed by atoms with E-state index in [9.17, 15) is 8.42 Å². The number of hydrogen-bond donors (Lipinski definition) is 0. The molecule has 2 aromatic carbocycles. The zero-order chi connectivity index (χ0) is 22.3. The van der Waals surface area contributed by atoms with E-state index in [1.165, 1.54) is 4.31 Å². The second-order valence-electron chi connectivity index (χ2n) is 7.54. The Morgan fingerprint density at radius 2 is 1.78 bits per heavy atom. The first kappa shape index (κ1) is 21.5. The summed E-state index contributed by atoms with van der Waals surface area (Å²) >= 11 is 7.29. The molecule has 1 fully saturated rings. The number of para-hydroxylation sites is 1. The first-order chi connectivity index (χ1) is 15.5. The van der Waals surface area contributed by atoms with Crippen LogP contribution in [0.1, 0.15) is 6.92 Å². The molecule has 4 aromatic rings. The molecule has 2 aromatic heterocycles. The van der Waals surface area contributed by atoms with Crippen LogP contribution < -0.4 is 4.74 Å². The maximum Gasteiger partial charge on any atom is 0.243 e. The molecule has 32 heavy (non-hydrogen) atoms. The van der Waals surface area contributed by atoms with Crippen LogP contribution in [0.4, 0.5) is 0 Å². The lowest BCUT2D eigenvalue weighted by atomic mass is 10.3. The molecule has 0 atom stereocenters. The van der Waals surface area contributed by atoms with Crippen molar-refractivity contribution < 1.29 is 13.2 Å². The molecule has 3 heterocycles. The van der Waals surface area contributed by atoms with Gasteiger partial charge < -0.3 is 4.74 Å². The van der Waals surface area contributed by atoms with Gasteiger partial charge in [-0.05, 0) is 55.5 Å². The van der Waals surface area contributed by atoms with Crippen molar-refractivity contribution in [2.45, 2.75) is 18.5 Å². The third-order valence-corrected chi connectivity index (χ3v) is 8.87. The van der Waals surface area contributed by atoms with Gasteiger partial charge in [0.25, 0.3) is 0 Å². The van der Waals surface area contributed by atoms with Crippen molar-refractivity contribution in [1.29, 1.82) is 0 Å². The van der Waals surface area contributed by atoms with E-state index in [2.05, 4.69) is 11.0 Å². The number of sulfonamides is 1. The summed E-state index contributed by atoms with van der Waals surface area (Å²) in [6.45, 7) is 5.06. The summed E-state index contributed by atoms with van der Waals surface area (Å²) in [4.78, 5) is 3.34. The Bertz CT molecular complexity index is 1410. The molecule has 0 bridgehead atoms. The number of thiazole rings is 1. The Hall–Kier alpha value is -2.31. The maximum absolute atomic E-state index is 13.0. The van der Waals surface area contributed by atoms with E-state index in [4.69, 9.17) is 22.1 Å². The summed E-state index contributed by atoms with van der Waals surface area (Å²) < 4.78 is 38.6. The van der Waals surface area contributed by atoms with Gasteiger partial charge in [-0.25, -0.2) is 13.1 Å². The normalized spacial score (nSPS) is 16.2. The van der Waals surface area contributed by atoms with Gasteiger partial charge in [0.2, 0.25) is 19.8 Å². The summed E-state index contributed by atoms with van der Waals surface area (Å²) in [7, 11) is -3.53. The molecule has 0 N–H and O–H groups in total. The number of hydrogen-bond acceptors (Lipinski definition) is 7. The van der Waals surface area contributed by atoms with E-state index < -0.39 is 10.0 Å². The number of rotatable bonds is 6. The molecule has 0 amide bonds. The van der Waals surface area contributed by atoms with Crippen LogP contribution in [0.15, 0.2) is 53.4 Å². The highest BCUT2D eigenvalue weighted by atomic mass is 32.2. The van der Waals surface area contributed by atoms with Crippen LogP contribution >= 0.6 is 23.6 Å². The average molecular weight is 490 g/mol. The lowest BCUT2D eigenvalue weighted by Crippen LogP contribution is -2.48. The third kappa shape index (κ3) is 3.84. The predicted octanol–water partition coefficient (Wildman–Crippen LogP) is 3.44. The number of ether oxygens (including phenoxy) is 1. The Kier molecular flexibility index (Phi) is 5.76. The molecule has 1 saturated heterocycles. The van der Waals surface area contributed by atoms with E-state index in [1.54, 1.807) is 35.6 Å². The van der Waals surface area contributed by atoms with Crippen LogP contribution in [-0.2, 0) is 16.7 Å². The van der Waals surface area contributed by atoms with Crippen LogP contribution in [0.3, 0.4) is 0 Å². The largest absolute Gasteiger partial charge is 0.494 e. The summed E-state index contributed by atoms with van der Waals surface area (Å²) in [5.74, 6) is 0.667. The Morgan fingerprint density at radius 3 is 2.50 bits per heavy atom. The van der Waals surface area contributed by atoms with Gasteiger partial charge in [0.15, 0.2) is 0 Å². The zero-order valence-corrected chi connectivity index (χ0v) is 20.0. The molecular formula is C21H23N5O3S3. The van der Waals surface area contributed by atoms with Gasteiger partial charge in [-0.3, -0.25) is 9.30 Å². The minimum atomic E-state index is -3.53. The number of piperazine rings is 1. The zero-order valence-electron chi connectivity index (χ0n) is 17.5. The van der Waals surface area contributed by atoms with Crippen LogP contribution in [0.25, 0.3) is 15.2 Å². The van der Waals surface area contributed by atoms with Gasteiger partial charge in [0.1, 0.15) is 5.75 Å². The maximum atomic E-state index is 13.0. The number of fused-ring (bicyclic) bond motifs is 3. The van der Waals surface area contributed by atoms with Crippen molar-refractivity contribution in [3.8, 4) is 5.75 Å². The Morgan fingerprint density at radius 1 is 1.06 bits per heavy atom. The van der Waals surface area contributed by atoms with Crippen molar-refractivity contribution >= 4 is 48.8 Å². The van der Waals surface area contributed by atoms with Gasteiger partial charge in [-0.1, -0.05) is 23.5 Å². The number of benzene rings is 2. The van der Waals surface area contributed by atoms with E-state index >= 15 is 0 Å². The molecule has 0 unspecified atom stereocenters. The van der Waals surface area contributed by atoms with Gasteiger partial charge in [0, 0.05) is 26.2 Å². The van der Waals surface area contributed by atoms with Crippen molar-refractivity contribution in [2.75, 3.05) is 32.8 Å². The fourth-order valence-corrected chi connectivity index (χ4v) is 6.69. The third-order valence-electron chi connectivity index (χ3n) is 5.55. The topological polar surface area (TPSA) is 72.1 Å². The highest BCUT2D eigenvalue weighted by Gasteiger charge is 2.29. The monoisotopic (exact) mass is 489 g/mol. The highest BCUT2D eigenvalue weighted by Crippen LogP contribution is 2.26. The lowest BCUT2D eigenvalue weighted by Gasteiger charge is -2.33. The second-order valence-corrected chi connectivity index (χ2v) is 10.9. The van der Waals surface area contributed by atoms with Crippen molar-refractivity contribution in [3.63, 3.8) is 0 Å². The number of aromatic nitrogens is 3. The second kappa shape index (κ2) is 8.56. The van der Waals surface area contributed by atoms with Gasteiger partial charge in [0.05, 0.1) is 28.4 Å². The molecule has 11 heteroatoms. The highest BCUT2D eigenvalue weighted by molar-refractivity contribution is 7.89. The Labute approximate surface area is 195 Å². The molecule has 8 nitrogen and oxygen atoms in total. The summed E-state index contributed by atoms with van der Waals surface area (Å²) in [5.41, 5.74) is 1.06. The van der Waals surface area contributed by atoms with E-state index in [0.717, 1.165) is 15.2 Å². The fourth-order valence-electron chi connectivity index (χ4n) is 3.90. The quantitative estimate of drug-likeness (QED) is 0.387. The van der Waals surface area contributed by atoms with Crippen molar-refractivity contribution in [1.82, 2.24) is 23.4 Å². The lowest BCUT2D eigenvalue weighted by molar-refractivity contribution is 0.145. The molecule has 1 aliphatic rings. The molecule has 0 radical (unpaired) electrons. The minimum Gasteiger partial charge on any atom is -0.494 e. The standard InChI is InChI=1S/C21H23N5O3S3/c1-2-29-16-7-9-17(10-8-16)32(27,28)24-13-11-23(12-14-24)15-25-21(30)26-18-5-3-4-6-19(18)31-20(26)22-25/h3-10H,2,11-15H2,1H3. The van der Waals surface area contributed by atoms with Crippen molar-refractivity contribution in [2.24, 2.45) is 0 Å². The van der Waals surface area contributed by atoms with E-state index in [1.807, 2.05) is 34.2 Å². The van der Waals surface area contributed by atoms with Gasteiger partial charge in [-0.15, -0.1) is 5.10 Å². The van der Waals surface area contributed by atoms with Crippen LogP contribution in [0, 0.1) is 4.77 Å². The van der Waals surface area contributed by atoms with Crippen LogP contribution in [0.5, 0.6) is 5.75 Å². The summed E-state index contributed by atoms with van der Waals surface area (Å²) in [6.07, 6.45) is 0. The summed E-state index contributed by atoms with van der Waals surface area (Å²) in [5, 5.41) is 4.69. The van der Waals surface area contributed by atoms with E-state index in [0.29, 0.717) is 50.0 Å². The SMILES string of the molecule is CCOc1ccc(S(=O)(=O)N2CCN(Cn3nc4sc5ccccc5n4c3=S)CC2)cc1. The number of nitrogens with zero attached hydrogens (tertiary/aromatic N) is 5.